The van der Waals surface area contributed by atoms with Gasteiger partial charge in [0.2, 0.25) is 0 Å². The molecular weight excluding hydrogens is 128 g/mol. The SMILES string of the molecule is CC(C)CC(C#N)NCO. The molecule has 1 atom stereocenters. The molecule has 0 aliphatic rings. The zero-order chi connectivity index (χ0) is 7.98. The predicted octanol–water partition coefficient (Wildman–Crippen LogP) is 0.464. The van der Waals surface area contributed by atoms with Crippen LogP contribution in [0.2, 0.25) is 0 Å². The van der Waals surface area contributed by atoms with Gasteiger partial charge in [0.25, 0.3) is 0 Å². The predicted molar refractivity (Wildman–Crippen MR) is 39.1 cm³/mol. The van der Waals surface area contributed by atoms with Gasteiger partial charge in [0.1, 0.15) is 0 Å². The molecule has 10 heavy (non-hydrogen) atoms. The van der Waals surface area contributed by atoms with Crippen LogP contribution in [0.25, 0.3) is 0 Å². The first-order valence-electron chi connectivity index (χ1n) is 3.44. The molecule has 2 N–H and O–H groups in total. The highest BCUT2D eigenvalue weighted by Crippen LogP contribution is 2.02. The van der Waals surface area contributed by atoms with Crippen molar-refractivity contribution in [3.05, 3.63) is 0 Å². The lowest BCUT2D eigenvalue weighted by Crippen LogP contribution is -2.29. The summed E-state index contributed by atoms with van der Waals surface area (Å²) >= 11 is 0. The van der Waals surface area contributed by atoms with Crippen LogP contribution in [0, 0.1) is 17.2 Å². The second-order valence-corrected chi connectivity index (χ2v) is 2.67. The van der Waals surface area contributed by atoms with E-state index >= 15 is 0 Å². The summed E-state index contributed by atoms with van der Waals surface area (Å²) < 4.78 is 0. The fourth-order valence-electron chi connectivity index (χ4n) is 0.763. The highest BCUT2D eigenvalue weighted by Gasteiger charge is 2.06. The first-order valence-corrected chi connectivity index (χ1v) is 3.44. The summed E-state index contributed by atoms with van der Waals surface area (Å²) in [6.45, 7) is 3.97. The summed E-state index contributed by atoms with van der Waals surface area (Å²) in [5, 5.41) is 19.6. The van der Waals surface area contributed by atoms with E-state index in [9.17, 15) is 0 Å². The molecule has 0 amide bonds. The van der Waals surface area contributed by atoms with Gasteiger partial charge in [-0.1, -0.05) is 13.8 Å². The molecule has 0 aromatic rings. The normalized spacial score (nSPS) is 13.1. The Morgan fingerprint density at radius 1 is 1.60 bits per heavy atom. The van der Waals surface area contributed by atoms with Crippen molar-refractivity contribution in [2.24, 2.45) is 5.92 Å². The van der Waals surface area contributed by atoms with Gasteiger partial charge < -0.3 is 5.11 Å². The van der Waals surface area contributed by atoms with Gasteiger partial charge in [-0.05, 0) is 12.3 Å². The molecule has 3 nitrogen and oxygen atoms in total. The number of hydrogen-bond acceptors (Lipinski definition) is 3. The summed E-state index contributed by atoms with van der Waals surface area (Å²) in [7, 11) is 0. The van der Waals surface area contributed by atoms with Crippen molar-refractivity contribution in [3.8, 4) is 6.07 Å². The van der Waals surface area contributed by atoms with E-state index in [2.05, 4.69) is 11.4 Å². The van der Waals surface area contributed by atoms with Crippen molar-refractivity contribution in [3.63, 3.8) is 0 Å². The zero-order valence-electron chi connectivity index (χ0n) is 6.46. The summed E-state index contributed by atoms with van der Waals surface area (Å²) in [5.41, 5.74) is 0. The van der Waals surface area contributed by atoms with Gasteiger partial charge in [-0.15, -0.1) is 0 Å². The quantitative estimate of drug-likeness (QED) is 0.561. The molecule has 1 unspecified atom stereocenters. The van der Waals surface area contributed by atoms with Crippen LogP contribution in [-0.2, 0) is 0 Å². The van der Waals surface area contributed by atoms with Crippen molar-refractivity contribution in [1.82, 2.24) is 5.32 Å². The molecule has 0 radical (unpaired) electrons. The van der Waals surface area contributed by atoms with Crippen LogP contribution < -0.4 is 5.32 Å². The Kier molecular flexibility index (Phi) is 4.91. The molecule has 0 spiro atoms. The van der Waals surface area contributed by atoms with Crippen molar-refractivity contribution < 1.29 is 5.11 Å². The fraction of sp³-hybridized carbons (Fsp3) is 0.857. The van der Waals surface area contributed by atoms with Crippen molar-refractivity contribution in [2.75, 3.05) is 6.73 Å². The van der Waals surface area contributed by atoms with E-state index in [1.165, 1.54) is 0 Å². The second-order valence-electron chi connectivity index (χ2n) is 2.67. The van der Waals surface area contributed by atoms with E-state index in [4.69, 9.17) is 10.4 Å². The number of nitrogens with zero attached hydrogens (tertiary/aromatic N) is 1. The number of nitrogens with one attached hydrogen (secondary N) is 1. The molecule has 0 bridgehead atoms. The molecule has 0 saturated heterocycles. The number of rotatable bonds is 4. The van der Waals surface area contributed by atoms with Crippen LogP contribution in [0.3, 0.4) is 0 Å². The smallest absolute Gasteiger partial charge is 0.0972 e. The zero-order valence-corrected chi connectivity index (χ0v) is 6.46. The van der Waals surface area contributed by atoms with Crippen LogP contribution in [0.15, 0.2) is 0 Å². The van der Waals surface area contributed by atoms with E-state index in [1.807, 2.05) is 13.8 Å². The monoisotopic (exact) mass is 142 g/mol. The minimum absolute atomic E-state index is 0.120. The highest BCUT2D eigenvalue weighted by atomic mass is 16.3. The fourth-order valence-corrected chi connectivity index (χ4v) is 0.763. The molecule has 0 aliphatic carbocycles. The number of nitriles is 1. The van der Waals surface area contributed by atoms with Crippen molar-refractivity contribution in [1.29, 1.82) is 5.26 Å². The third-order valence-corrected chi connectivity index (χ3v) is 1.20. The molecular formula is C7H14N2O. The molecule has 3 heteroatoms. The van der Waals surface area contributed by atoms with Crippen LogP contribution in [-0.4, -0.2) is 17.9 Å². The molecule has 0 rings (SSSR count). The Labute approximate surface area is 61.7 Å². The largest absolute Gasteiger partial charge is 0.381 e. The standard InChI is InChI=1S/C7H14N2O/c1-6(2)3-7(4-8)9-5-10/h6-7,9-10H,3,5H2,1-2H3. The van der Waals surface area contributed by atoms with E-state index in [0.717, 1.165) is 6.42 Å². The Balaban J connectivity index is 3.52. The molecule has 0 fully saturated rings. The third kappa shape index (κ3) is 4.30. The van der Waals surface area contributed by atoms with E-state index in [-0.39, 0.29) is 12.8 Å². The lowest BCUT2D eigenvalue weighted by molar-refractivity contribution is 0.244. The van der Waals surface area contributed by atoms with Crippen molar-refractivity contribution in [2.45, 2.75) is 26.3 Å². The van der Waals surface area contributed by atoms with Crippen LogP contribution in [0.5, 0.6) is 0 Å². The summed E-state index contributed by atoms with van der Waals surface area (Å²) in [6.07, 6.45) is 0.789. The van der Waals surface area contributed by atoms with Gasteiger partial charge in [0, 0.05) is 0 Å². The Morgan fingerprint density at radius 2 is 2.20 bits per heavy atom. The highest BCUT2D eigenvalue weighted by molar-refractivity contribution is 4.89. The number of hydrogen-bond donors (Lipinski definition) is 2. The van der Waals surface area contributed by atoms with Gasteiger partial charge in [-0.3, -0.25) is 5.32 Å². The lowest BCUT2D eigenvalue weighted by atomic mass is 10.1. The maximum absolute atomic E-state index is 8.48. The topological polar surface area (TPSA) is 56.0 Å². The van der Waals surface area contributed by atoms with Gasteiger partial charge in [-0.2, -0.15) is 5.26 Å². The number of aliphatic hydroxyl groups is 1. The second kappa shape index (κ2) is 5.21. The molecule has 0 aromatic heterocycles. The summed E-state index contributed by atoms with van der Waals surface area (Å²) in [6, 6.07) is 1.86. The molecule has 0 aliphatic heterocycles. The lowest BCUT2D eigenvalue weighted by Gasteiger charge is -2.10. The Morgan fingerprint density at radius 3 is 2.50 bits per heavy atom. The molecule has 0 heterocycles. The van der Waals surface area contributed by atoms with Gasteiger partial charge in [-0.25, -0.2) is 0 Å². The first kappa shape index (κ1) is 9.41. The molecule has 0 aromatic carbocycles. The Bertz CT molecular complexity index is 117. The van der Waals surface area contributed by atoms with Crippen molar-refractivity contribution >= 4 is 0 Å². The first-order chi connectivity index (χ1) is 4.70. The molecule has 0 saturated carbocycles. The maximum Gasteiger partial charge on any atom is 0.0972 e. The van der Waals surface area contributed by atoms with Crippen LogP contribution in [0.1, 0.15) is 20.3 Å². The molecule has 58 valence electrons. The average Bonchev–Trinajstić information content (AvgIpc) is 1.86. The van der Waals surface area contributed by atoms with E-state index in [0.29, 0.717) is 5.92 Å². The summed E-state index contributed by atoms with van der Waals surface area (Å²) in [4.78, 5) is 0. The van der Waals surface area contributed by atoms with Crippen LogP contribution >= 0.6 is 0 Å². The van der Waals surface area contributed by atoms with Gasteiger partial charge >= 0.3 is 0 Å². The van der Waals surface area contributed by atoms with Crippen LogP contribution in [0.4, 0.5) is 0 Å². The average molecular weight is 142 g/mol. The Hall–Kier alpha value is -0.590. The third-order valence-electron chi connectivity index (χ3n) is 1.20. The van der Waals surface area contributed by atoms with E-state index < -0.39 is 0 Å². The van der Waals surface area contributed by atoms with Gasteiger partial charge in [0.15, 0.2) is 0 Å². The summed E-state index contributed by atoms with van der Waals surface area (Å²) in [5.74, 6) is 0.490. The minimum atomic E-state index is -0.204. The number of aliphatic hydroxyl groups excluding tert-OH is 1. The minimum Gasteiger partial charge on any atom is -0.381 e. The maximum atomic E-state index is 8.48. The van der Waals surface area contributed by atoms with Gasteiger partial charge in [0.05, 0.1) is 18.8 Å². The van der Waals surface area contributed by atoms with E-state index in [1.54, 1.807) is 0 Å².